The molecule has 218 valence electrons. The Bertz CT molecular complexity index is 1600. The number of hydrogen-bond acceptors (Lipinski definition) is 8. The third kappa shape index (κ3) is 5.41. The molecule has 5 rings (SSSR count). The topological polar surface area (TPSA) is 131 Å². The van der Waals surface area contributed by atoms with Crippen molar-refractivity contribution in [1.29, 1.82) is 0 Å². The van der Waals surface area contributed by atoms with Gasteiger partial charge in [-0.3, -0.25) is 0 Å². The highest BCUT2D eigenvalue weighted by Crippen LogP contribution is 2.41. The fraction of sp³-hybridized carbons (Fsp3) is 0.333. The van der Waals surface area contributed by atoms with Gasteiger partial charge in [-0.1, -0.05) is 40.0 Å². The summed E-state index contributed by atoms with van der Waals surface area (Å²) in [5, 5.41) is 43.8. The van der Waals surface area contributed by atoms with Gasteiger partial charge < -0.3 is 20.1 Å². The molecule has 1 saturated heterocycles. The lowest BCUT2D eigenvalue weighted by Gasteiger charge is -2.41. The molecule has 0 amide bonds. The van der Waals surface area contributed by atoms with Crippen LogP contribution in [0.2, 0.25) is 15.1 Å². The summed E-state index contributed by atoms with van der Waals surface area (Å²) in [5.41, 5.74) is -1.68. The van der Waals surface area contributed by atoms with Crippen LogP contribution in [0.1, 0.15) is 29.4 Å². The molecule has 0 radical (unpaired) electrons. The normalized spacial score (nSPS) is 23.2. The minimum atomic E-state index is -4.80. The van der Waals surface area contributed by atoms with Crippen LogP contribution in [0.5, 0.6) is 0 Å². The van der Waals surface area contributed by atoms with Crippen LogP contribution in [-0.4, -0.2) is 70.0 Å². The molecule has 1 fully saturated rings. The Balaban J connectivity index is 1.59. The van der Waals surface area contributed by atoms with Crippen molar-refractivity contribution >= 4 is 34.8 Å². The molecule has 0 unspecified atom stereocenters. The van der Waals surface area contributed by atoms with E-state index in [4.69, 9.17) is 39.5 Å². The predicted molar refractivity (Wildman–Crippen MR) is 137 cm³/mol. The summed E-state index contributed by atoms with van der Waals surface area (Å²) in [7, 11) is 0. The molecule has 41 heavy (non-hydrogen) atoms. The van der Waals surface area contributed by atoms with E-state index in [1.165, 1.54) is 25.3 Å². The van der Waals surface area contributed by atoms with Gasteiger partial charge in [0.1, 0.15) is 42.0 Å². The van der Waals surface area contributed by atoms with Crippen molar-refractivity contribution in [3.63, 3.8) is 0 Å². The second kappa shape index (κ2) is 11.1. The van der Waals surface area contributed by atoms with Gasteiger partial charge in [0, 0.05) is 10.6 Å². The van der Waals surface area contributed by atoms with Gasteiger partial charge in [-0.05, 0) is 37.3 Å². The van der Waals surface area contributed by atoms with E-state index in [1.54, 1.807) is 0 Å². The molecule has 2 aromatic carbocycles. The first kappa shape index (κ1) is 29.6. The first-order valence-corrected chi connectivity index (χ1v) is 12.9. The maximum atomic E-state index is 14.8. The summed E-state index contributed by atoms with van der Waals surface area (Å²) in [6.07, 6.45) is -9.78. The van der Waals surface area contributed by atoms with Gasteiger partial charge in [-0.2, -0.15) is 18.3 Å². The molecule has 0 bridgehead atoms. The number of aliphatic hydroxyl groups excluding tert-OH is 3. The van der Waals surface area contributed by atoms with Crippen LogP contribution in [0.3, 0.4) is 0 Å². The van der Waals surface area contributed by atoms with Crippen LogP contribution in [0, 0.1) is 12.7 Å². The number of aliphatic hydroxyl groups is 3. The van der Waals surface area contributed by atoms with Crippen molar-refractivity contribution in [3.05, 3.63) is 74.6 Å². The van der Waals surface area contributed by atoms with E-state index in [0.29, 0.717) is 0 Å². The Hall–Kier alpha value is -2.85. The lowest BCUT2D eigenvalue weighted by molar-refractivity contribution is -0.210. The van der Waals surface area contributed by atoms with E-state index >= 15 is 0 Å². The van der Waals surface area contributed by atoms with Crippen molar-refractivity contribution in [2.24, 2.45) is 0 Å². The molecular formula is C24H19Cl3F4N6O4. The third-order valence-corrected chi connectivity index (χ3v) is 7.52. The zero-order valence-electron chi connectivity index (χ0n) is 20.6. The van der Waals surface area contributed by atoms with Crippen LogP contribution in [0.25, 0.3) is 16.9 Å². The second-order valence-corrected chi connectivity index (χ2v) is 10.4. The number of halogens is 7. The predicted octanol–water partition coefficient (Wildman–Crippen LogP) is 4.35. The maximum absolute atomic E-state index is 14.8. The number of nitrogens with zero attached hydrogens (tertiary/aromatic N) is 6. The molecule has 5 atom stereocenters. The summed E-state index contributed by atoms with van der Waals surface area (Å²) >= 11 is 17.7. The van der Waals surface area contributed by atoms with Crippen LogP contribution >= 0.6 is 34.8 Å². The van der Waals surface area contributed by atoms with Gasteiger partial charge in [0.2, 0.25) is 0 Å². The van der Waals surface area contributed by atoms with Crippen LogP contribution in [-0.2, 0) is 10.9 Å². The zero-order chi connectivity index (χ0) is 29.8. The first-order chi connectivity index (χ1) is 19.3. The highest BCUT2D eigenvalue weighted by atomic mass is 35.5. The molecular weight excluding hydrogens is 619 g/mol. The summed E-state index contributed by atoms with van der Waals surface area (Å²) in [4.78, 5) is 4.19. The molecule has 3 N–H and O–H groups in total. The zero-order valence-corrected chi connectivity index (χ0v) is 22.9. The average Bonchev–Trinajstić information content (AvgIpc) is 3.54. The maximum Gasteiger partial charge on any atom is 0.418 e. The Morgan fingerprint density at radius 1 is 1.07 bits per heavy atom. The van der Waals surface area contributed by atoms with Crippen LogP contribution < -0.4 is 0 Å². The molecule has 2 aromatic heterocycles. The number of aromatic nitrogens is 6. The first-order valence-electron chi connectivity index (χ1n) is 11.8. The summed E-state index contributed by atoms with van der Waals surface area (Å²) in [6, 6.07) is 4.14. The average molecular weight is 638 g/mol. The SMILES string of the molecule is Cc1nc([C@@H]2O[C@H](CO)[C@H](O)[C@H](n3cc(-c4ccc(Cl)c(Cl)c4F)nn3)[C@H]2O)n(-c2cc(Cl)ccc2C(F)(F)F)n1. The monoisotopic (exact) mass is 636 g/mol. The van der Waals surface area contributed by atoms with E-state index in [1.807, 2.05) is 0 Å². The van der Waals surface area contributed by atoms with Crippen molar-refractivity contribution in [3.8, 4) is 16.9 Å². The largest absolute Gasteiger partial charge is 0.418 e. The molecule has 17 heteroatoms. The smallest absolute Gasteiger partial charge is 0.394 e. The Morgan fingerprint density at radius 2 is 1.80 bits per heavy atom. The quantitative estimate of drug-likeness (QED) is 0.218. The second-order valence-electron chi connectivity index (χ2n) is 9.14. The van der Waals surface area contributed by atoms with Crippen molar-refractivity contribution in [1.82, 2.24) is 29.8 Å². The summed E-state index contributed by atoms with van der Waals surface area (Å²) < 4.78 is 64.0. The van der Waals surface area contributed by atoms with Crippen molar-refractivity contribution < 1.29 is 37.6 Å². The summed E-state index contributed by atoms with van der Waals surface area (Å²) in [6.45, 7) is 0.667. The van der Waals surface area contributed by atoms with E-state index in [-0.39, 0.29) is 38.0 Å². The molecule has 0 aliphatic carbocycles. The number of ether oxygens (including phenoxy) is 1. The highest BCUT2D eigenvalue weighted by Gasteiger charge is 2.49. The van der Waals surface area contributed by atoms with E-state index in [0.717, 1.165) is 27.6 Å². The van der Waals surface area contributed by atoms with Crippen molar-refractivity contribution in [2.45, 2.75) is 43.6 Å². The number of rotatable bonds is 5. The van der Waals surface area contributed by atoms with Gasteiger partial charge in [-0.25, -0.2) is 18.7 Å². The third-order valence-electron chi connectivity index (χ3n) is 6.51. The standard InChI is InChI=1S/C24H19Cl3F4N6O4/c1-9-32-23(37(34-9)15-6-10(25)2-4-12(15)24(29,30)31)22-21(40)19(20(39)16(8-38)41-22)36-7-14(33-35-36)11-3-5-13(26)17(27)18(11)28/h2-7,16,19-22,38-40H,8H2,1H3/t16-,19+,20+,21-,22-/m1/s1. The molecule has 3 heterocycles. The Morgan fingerprint density at radius 3 is 2.49 bits per heavy atom. The van der Waals surface area contributed by atoms with Crippen molar-refractivity contribution in [2.75, 3.05) is 6.61 Å². The minimum absolute atomic E-state index is 0.0246. The number of aryl methyl sites for hydroxylation is 1. The molecule has 0 spiro atoms. The molecule has 1 aliphatic rings. The fourth-order valence-electron chi connectivity index (χ4n) is 4.61. The van der Waals surface area contributed by atoms with Gasteiger partial charge in [-0.15, -0.1) is 5.10 Å². The Labute approximate surface area is 243 Å². The molecule has 1 aliphatic heterocycles. The van der Waals surface area contributed by atoms with Gasteiger partial charge in [0.05, 0.1) is 34.1 Å². The van der Waals surface area contributed by atoms with Gasteiger partial charge >= 0.3 is 6.18 Å². The number of alkyl halides is 3. The molecule has 10 nitrogen and oxygen atoms in total. The van der Waals surface area contributed by atoms with E-state index < -0.39 is 60.3 Å². The molecule has 0 saturated carbocycles. The van der Waals surface area contributed by atoms with Crippen LogP contribution in [0.15, 0.2) is 36.5 Å². The fourth-order valence-corrected chi connectivity index (χ4v) is 5.09. The van der Waals surface area contributed by atoms with E-state index in [2.05, 4.69) is 20.4 Å². The number of hydrogen-bond donors (Lipinski definition) is 3. The van der Waals surface area contributed by atoms with Gasteiger partial charge in [0.25, 0.3) is 0 Å². The minimum Gasteiger partial charge on any atom is -0.394 e. The van der Waals surface area contributed by atoms with E-state index in [9.17, 15) is 32.9 Å². The highest BCUT2D eigenvalue weighted by molar-refractivity contribution is 6.42. The lowest BCUT2D eigenvalue weighted by atomic mass is 9.92. The Kier molecular flexibility index (Phi) is 8.02. The summed E-state index contributed by atoms with van der Waals surface area (Å²) in [5.74, 6) is -1.12. The number of benzene rings is 2. The molecule has 4 aromatic rings. The lowest BCUT2D eigenvalue weighted by Crippen LogP contribution is -2.53. The van der Waals surface area contributed by atoms with Gasteiger partial charge in [0.15, 0.2) is 11.6 Å². The van der Waals surface area contributed by atoms with Crippen LogP contribution in [0.4, 0.5) is 17.6 Å².